The quantitative estimate of drug-likeness (QED) is 0.912. The van der Waals surface area contributed by atoms with Gasteiger partial charge >= 0.3 is 0 Å². The lowest BCUT2D eigenvalue weighted by atomic mass is 10.1. The summed E-state index contributed by atoms with van der Waals surface area (Å²) >= 11 is 3.33. The number of benzene rings is 1. The predicted molar refractivity (Wildman–Crippen MR) is 71.5 cm³/mol. The summed E-state index contributed by atoms with van der Waals surface area (Å²) in [6.07, 6.45) is 0.980. The summed E-state index contributed by atoms with van der Waals surface area (Å²) in [4.78, 5) is 2.03. The van der Waals surface area contributed by atoms with Crippen LogP contribution in [0.3, 0.4) is 0 Å². The monoisotopic (exact) mass is 311 g/mol. The minimum Gasteiger partial charge on any atom is -0.315 e. The van der Waals surface area contributed by atoms with Gasteiger partial charge < -0.3 is 5.32 Å². The normalized spacial score (nSPS) is 18.9. The summed E-state index contributed by atoms with van der Waals surface area (Å²) in [6, 6.07) is 6.46. The maximum atomic E-state index is 13.8. The average Bonchev–Trinajstić information content (AvgIpc) is 2.64. The van der Waals surface area contributed by atoms with Crippen molar-refractivity contribution in [2.45, 2.75) is 12.5 Å². The first-order chi connectivity index (χ1) is 8.72. The van der Waals surface area contributed by atoms with Gasteiger partial charge in [-0.2, -0.15) is 5.26 Å². The molecule has 1 aromatic carbocycles. The third-order valence-electron chi connectivity index (χ3n) is 3.11. The molecule has 0 aromatic heterocycles. The molecule has 1 unspecified atom stereocenters. The SMILES string of the molecule is N#CC(c1cc(Br)ccc1F)N1CCCNCC1. The summed E-state index contributed by atoms with van der Waals surface area (Å²) in [5, 5.41) is 12.6. The van der Waals surface area contributed by atoms with E-state index in [4.69, 9.17) is 0 Å². The molecule has 1 N–H and O–H groups in total. The molecular weight excluding hydrogens is 297 g/mol. The number of nitrogens with one attached hydrogen (secondary N) is 1. The Labute approximate surface area is 115 Å². The molecule has 0 bridgehead atoms. The van der Waals surface area contributed by atoms with Crippen molar-refractivity contribution in [1.82, 2.24) is 10.2 Å². The first kappa shape index (κ1) is 13.5. The van der Waals surface area contributed by atoms with Gasteiger partial charge in [0, 0.05) is 29.7 Å². The predicted octanol–water partition coefficient (Wildman–Crippen LogP) is 2.45. The molecule has 0 amide bonds. The van der Waals surface area contributed by atoms with Crippen molar-refractivity contribution >= 4 is 15.9 Å². The fourth-order valence-electron chi connectivity index (χ4n) is 2.20. The molecule has 3 nitrogen and oxygen atoms in total. The third kappa shape index (κ3) is 3.08. The molecule has 0 saturated carbocycles. The molecule has 18 heavy (non-hydrogen) atoms. The van der Waals surface area contributed by atoms with E-state index < -0.39 is 6.04 Å². The van der Waals surface area contributed by atoms with Crippen LogP contribution in [0, 0.1) is 17.1 Å². The van der Waals surface area contributed by atoms with E-state index in [1.54, 1.807) is 12.1 Å². The molecule has 1 atom stereocenters. The molecule has 2 rings (SSSR count). The summed E-state index contributed by atoms with van der Waals surface area (Å²) in [7, 11) is 0. The smallest absolute Gasteiger partial charge is 0.129 e. The van der Waals surface area contributed by atoms with Gasteiger partial charge in [-0.3, -0.25) is 4.90 Å². The second kappa shape index (κ2) is 6.28. The molecule has 1 aliphatic heterocycles. The summed E-state index contributed by atoms with van der Waals surface area (Å²) in [5.74, 6) is -0.318. The highest BCUT2D eigenvalue weighted by molar-refractivity contribution is 9.10. The van der Waals surface area contributed by atoms with Crippen molar-refractivity contribution in [3.63, 3.8) is 0 Å². The molecule has 0 aliphatic carbocycles. The van der Waals surface area contributed by atoms with Crippen LogP contribution in [-0.4, -0.2) is 31.1 Å². The Morgan fingerprint density at radius 1 is 1.39 bits per heavy atom. The molecule has 1 aromatic rings. The highest BCUT2D eigenvalue weighted by Crippen LogP contribution is 2.26. The van der Waals surface area contributed by atoms with Gasteiger partial charge in [-0.05, 0) is 31.2 Å². The summed E-state index contributed by atoms with van der Waals surface area (Å²) in [6.45, 7) is 3.38. The van der Waals surface area contributed by atoms with Gasteiger partial charge in [-0.15, -0.1) is 0 Å². The van der Waals surface area contributed by atoms with E-state index in [0.717, 1.165) is 37.1 Å². The second-order valence-corrected chi connectivity index (χ2v) is 5.25. The highest BCUT2D eigenvalue weighted by atomic mass is 79.9. The van der Waals surface area contributed by atoms with Crippen LogP contribution >= 0.6 is 15.9 Å². The van der Waals surface area contributed by atoms with Crippen LogP contribution in [0.25, 0.3) is 0 Å². The Balaban J connectivity index is 2.26. The Kier molecular flexibility index (Phi) is 4.70. The molecule has 1 heterocycles. The van der Waals surface area contributed by atoms with E-state index in [9.17, 15) is 9.65 Å². The van der Waals surface area contributed by atoms with Crippen molar-refractivity contribution in [1.29, 1.82) is 5.26 Å². The van der Waals surface area contributed by atoms with Crippen LogP contribution in [0.2, 0.25) is 0 Å². The second-order valence-electron chi connectivity index (χ2n) is 4.34. The van der Waals surface area contributed by atoms with Crippen molar-refractivity contribution in [2.24, 2.45) is 0 Å². The van der Waals surface area contributed by atoms with E-state index in [0.29, 0.717) is 5.56 Å². The number of hydrogen-bond acceptors (Lipinski definition) is 3. The lowest BCUT2D eigenvalue weighted by Gasteiger charge is -2.25. The molecule has 0 radical (unpaired) electrons. The zero-order valence-corrected chi connectivity index (χ0v) is 11.6. The van der Waals surface area contributed by atoms with E-state index in [2.05, 4.69) is 27.3 Å². The van der Waals surface area contributed by atoms with Crippen LogP contribution in [0.5, 0.6) is 0 Å². The van der Waals surface area contributed by atoms with Gasteiger partial charge in [0.25, 0.3) is 0 Å². The van der Waals surface area contributed by atoms with Crippen LogP contribution in [-0.2, 0) is 0 Å². The summed E-state index contributed by atoms with van der Waals surface area (Å²) in [5.41, 5.74) is 0.453. The molecule has 5 heteroatoms. The van der Waals surface area contributed by atoms with Crippen LogP contribution in [0.4, 0.5) is 4.39 Å². The zero-order chi connectivity index (χ0) is 13.0. The van der Waals surface area contributed by atoms with Crippen LogP contribution in [0.1, 0.15) is 18.0 Å². The van der Waals surface area contributed by atoms with Gasteiger partial charge in [0.1, 0.15) is 11.9 Å². The number of hydrogen-bond donors (Lipinski definition) is 1. The Bertz CT molecular complexity index is 450. The summed E-state index contributed by atoms with van der Waals surface area (Å²) < 4.78 is 14.6. The van der Waals surface area contributed by atoms with Gasteiger partial charge in [-0.25, -0.2) is 4.39 Å². The van der Waals surface area contributed by atoms with E-state index >= 15 is 0 Å². The topological polar surface area (TPSA) is 39.1 Å². The molecule has 1 saturated heterocycles. The molecule has 1 aliphatic rings. The molecule has 96 valence electrons. The highest BCUT2D eigenvalue weighted by Gasteiger charge is 2.23. The average molecular weight is 312 g/mol. The van der Waals surface area contributed by atoms with Gasteiger partial charge in [0.15, 0.2) is 0 Å². The van der Waals surface area contributed by atoms with Crippen LogP contribution < -0.4 is 5.32 Å². The largest absolute Gasteiger partial charge is 0.315 e. The number of halogens is 2. The first-order valence-corrected chi connectivity index (χ1v) is 6.81. The zero-order valence-electron chi connectivity index (χ0n) is 10.00. The minimum absolute atomic E-state index is 0.318. The van der Waals surface area contributed by atoms with Crippen molar-refractivity contribution in [3.05, 3.63) is 34.1 Å². The standard InChI is InChI=1S/C13H15BrFN3/c14-10-2-3-12(15)11(8-10)13(9-16)18-6-1-4-17-5-7-18/h2-3,8,13,17H,1,4-7H2. The third-order valence-corrected chi connectivity index (χ3v) is 3.61. The van der Waals surface area contributed by atoms with E-state index in [1.165, 1.54) is 6.07 Å². The van der Waals surface area contributed by atoms with E-state index in [1.807, 2.05) is 4.90 Å². The maximum Gasteiger partial charge on any atom is 0.129 e. The van der Waals surface area contributed by atoms with Crippen molar-refractivity contribution in [3.8, 4) is 6.07 Å². The minimum atomic E-state index is -0.512. The van der Waals surface area contributed by atoms with Gasteiger partial charge in [0.05, 0.1) is 6.07 Å². The molecule has 0 spiro atoms. The number of nitrogens with zero attached hydrogens (tertiary/aromatic N) is 2. The van der Waals surface area contributed by atoms with E-state index in [-0.39, 0.29) is 5.82 Å². The Morgan fingerprint density at radius 2 is 2.22 bits per heavy atom. The fraction of sp³-hybridized carbons (Fsp3) is 0.462. The van der Waals surface area contributed by atoms with Gasteiger partial charge in [-0.1, -0.05) is 15.9 Å². The lowest BCUT2D eigenvalue weighted by Crippen LogP contribution is -2.32. The van der Waals surface area contributed by atoms with Crippen molar-refractivity contribution in [2.75, 3.05) is 26.2 Å². The number of nitriles is 1. The number of rotatable bonds is 2. The fourth-order valence-corrected chi connectivity index (χ4v) is 2.58. The Morgan fingerprint density at radius 3 is 3.00 bits per heavy atom. The first-order valence-electron chi connectivity index (χ1n) is 6.01. The van der Waals surface area contributed by atoms with Crippen molar-refractivity contribution < 1.29 is 4.39 Å². The lowest BCUT2D eigenvalue weighted by molar-refractivity contribution is 0.248. The maximum absolute atomic E-state index is 13.8. The van der Waals surface area contributed by atoms with Crippen LogP contribution in [0.15, 0.2) is 22.7 Å². The Hall–Kier alpha value is -0.960. The molecule has 1 fully saturated rings. The molecular formula is C13H15BrFN3. The van der Waals surface area contributed by atoms with Gasteiger partial charge in [0.2, 0.25) is 0 Å².